The van der Waals surface area contributed by atoms with Crippen molar-refractivity contribution in [1.82, 2.24) is 4.98 Å². The lowest BCUT2D eigenvalue weighted by Gasteiger charge is -2.11. The topological polar surface area (TPSA) is 71.5 Å². The highest BCUT2D eigenvalue weighted by Gasteiger charge is 2.09. The van der Waals surface area contributed by atoms with E-state index < -0.39 is 12.6 Å². The van der Waals surface area contributed by atoms with E-state index in [0.29, 0.717) is 16.5 Å². The first-order chi connectivity index (χ1) is 12.1. The van der Waals surface area contributed by atoms with Gasteiger partial charge in [-0.05, 0) is 35.9 Å². The van der Waals surface area contributed by atoms with E-state index in [1.54, 1.807) is 24.3 Å². The number of fused-ring (bicyclic) bond motifs is 1. The lowest BCUT2D eigenvalue weighted by molar-refractivity contribution is -0.307. The second-order valence-corrected chi connectivity index (χ2v) is 6.49. The van der Waals surface area contributed by atoms with Crippen molar-refractivity contribution < 1.29 is 19.4 Å². The van der Waals surface area contributed by atoms with Crippen molar-refractivity contribution in [1.29, 1.82) is 0 Å². The van der Waals surface area contributed by atoms with Crippen LogP contribution in [0.4, 0.5) is 0 Å². The summed E-state index contributed by atoms with van der Waals surface area (Å²) in [4.78, 5) is 15.0. The summed E-state index contributed by atoms with van der Waals surface area (Å²) in [7, 11) is 1.48. The number of hydrogen-bond acceptors (Lipinski definition) is 6. The normalized spacial score (nSPS) is 11.5. The van der Waals surface area contributed by atoms with Gasteiger partial charge in [0.2, 0.25) is 0 Å². The van der Waals surface area contributed by atoms with Crippen molar-refractivity contribution in [3.05, 3.63) is 53.0 Å². The number of carbonyl (C=O) groups is 1. The molecular weight excluding hydrogens is 362 g/mol. The quantitative estimate of drug-likeness (QED) is 0.662. The largest absolute Gasteiger partial charge is 0.546 e. The van der Waals surface area contributed by atoms with Crippen LogP contribution >= 0.6 is 22.9 Å². The molecule has 0 saturated heterocycles. The number of carboxylic acids is 1. The van der Waals surface area contributed by atoms with Crippen LogP contribution in [0.2, 0.25) is 0 Å². The number of para-hydroxylation sites is 1. The van der Waals surface area contributed by atoms with Crippen LogP contribution in [0.1, 0.15) is 10.6 Å². The summed E-state index contributed by atoms with van der Waals surface area (Å²) in [5, 5.41) is 11.7. The van der Waals surface area contributed by atoms with Gasteiger partial charge in [0.05, 0.1) is 28.3 Å². The molecule has 0 saturated carbocycles. The van der Waals surface area contributed by atoms with Gasteiger partial charge in [-0.2, -0.15) is 0 Å². The van der Waals surface area contributed by atoms with Gasteiger partial charge in [-0.25, -0.2) is 4.98 Å². The van der Waals surface area contributed by atoms with Crippen LogP contribution in [0.3, 0.4) is 0 Å². The van der Waals surface area contributed by atoms with Gasteiger partial charge in [-0.15, -0.1) is 11.3 Å². The Morgan fingerprint density at radius 2 is 2.08 bits per heavy atom. The van der Waals surface area contributed by atoms with E-state index in [2.05, 4.69) is 4.98 Å². The Bertz CT molecular complexity index is 918. The third-order valence-electron chi connectivity index (χ3n) is 3.32. The number of thiazole rings is 1. The van der Waals surface area contributed by atoms with Gasteiger partial charge in [-0.3, -0.25) is 0 Å². The fraction of sp³-hybridized carbons (Fsp3) is 0.111. The predicted octanol–water partition coefficient (Wildman–Crippen LogP) is 3.17. The molecule has 0 amide bonds. The number of carboxylic acid groups (broad SMARTS) is 1. The van der Waals surface area contributed by atoms with E-state index in [1.165, 1.54) is 18.4 Å². The van der Waals surface area contributed by atoms with Crippen molar-refractivity contribution in [3.63, 3.8) is 0 Å². The second kappa shape index (κ2) is 7.55. The second-order valence-electron chi connectivity index (χ2n) is 5.05. The standard InChI is InChI=1S/C18H14ClNO4S/c1-23-15-9-11(6-7-14(15)24-10-17(21)22)8-12(19)18-20-13-4-2-3-5-16(13)25-18/h2-9H,10H2,1H3,(H,21,22)/p-1/b12-8-. The van der Waals surface area contributed by atoms with Gasteiger partial charge in [0.25, 0.3) is 0 Å². The molecule has 128 valence electrons. The van der Waals surface area contributed by atoms with E-state index in [4.69, 9.17) is 21.1 Å². The zero-order valence-corrected chi connectivity index (χ0v) is 14.8. The summed E-state index contributed by atoms with van der Waals surface area (Å²) in [6.45, 7) is -0.544. The molecule has 0 unspecified atom stereocenters. The van der Waals surface area contributed by atoms with Crippen LogP contribution in [0.5, 0.6) is 11.5 Å². The SMILES string of the molecule is COc1cc(/C=C(\Cl)c2nc3ccccc3s2)ccc1OCC(=O)[O-]. The fourth-order valence-electron chi connectivity index (χ4n) is 2.21. The Kier molecular flexibility index (Phi) is 5.21. The Labute approximate surface area is 153 Å². The average molecular weight is 375 g/mol. The smallest absolute Gasteiger partial charge is 0.161 e. The average Bonchev–Trinajstić information content (AvgIpc) is 3.04. The number of nitrogens with zero attached hydrogens (tertiary/aromatic N) is 1. The molecule has 25 heavy (non-hydrogen) atoms. The number of rotatable bonds is 6. The molecule has 0 atom stereocenters. The molecule has 0 radical (unpaired) electrons. The lowest BCUT2D eigenvalue weighted by atomic mass is 10.2. The van der Waals surface area contributed by atoms with Crippen LogP contribution in [0.15, 0.2) is 42.5 Å². The molecule has 1 aromatic heterocycles. The number of benzene rings is 2. The van der Waals surface area contributed by atoms with Gasteiger partial charge in [0, 0.05) is 0 Å². The zero-order chi connectivity index (χ0) is 17.8. The third kappa shape index (κ3) is 4.10. The fourth-order valence-corrected chi connectivity index (χ4v) is 3.37. The van der Waals surface area contributed by atoms with Crippen LogP contribution in [0, 0.1) is 0 Å². The maximum absolute atomic E-state index is 10.5. The molecule has 7 heteroatoms. The predicted molar refractivity (Wildman–Crippen MR) is 96.8 cm³/mol. The monoisotopic (exact) mass is 374 g/mol. The van der Waals surface area contributed by atoms with Crippen molar-refractivity contribution in [2.75, 3.05) is 13.7 Å². The number of halogens is 1. The third-order valence-corrected chi connectivity index (χ3v) is 4.79. The summed E-state index contributed by atoms with van der Waals surface area (Å²) >= 11 is 7.91. The zero-order valence-electron chi connectivity index (χ0n) is 13.2. The molecule has 0 N–H and O–H groups in total. The summed E-state index contributed by atoms with van der Waals surface area (Å²) in [6.07, 6.45) is 1.77. The number of hydrogen-bond donors (Lipinski definition) is 0. The van der Waals surface area contributed by atoms with Crippen molar-refractivity contribution in [2.24, 2.45) is 0 Å². The molecule has 1 heterocycles. The first kappa shape index (κ1) is 17.3. The van der Waals surface area contributed by atoms with E-state index in [9.17, 15) is 9.90 Å². The number of carbonyl (C=O) groups excluding carboxylic acids is 1. The van der Waals surface area contributed by atoms with Gasteiger partial charge in [0.15, 0.2) is 11.5 Å². The maximum Gasteiger partial charge on any atom is 0.161 e. The Hall–Kier alpha value is -2.57. The summed E-state index contributed by atoms with van der Waals surface area (Å²) in [5.41, 5.74) is 1.68. The van der Waals surface area contributed by atoms with Gasteiger partial charge >= 0.3 is 0 Å². The van der Waals surface area contributed by atoms with Crippen molar-refractivity contribution in [3.8, 4) is 11.5 Å². The minimum absolute atomic E-state index is 0.319. The van der Waals surface area contributed by atoms with E-state index >= 15 is 0 Å². The molecule has 2 aromatic carbocycles. The Morgan fingerprint density at radius 3 is 2.80 bits per heavy atom. The summed E-state index contributed by atoms with van der Waals surface area (Å²) in [5.74, 6) is -0.575. The molecule has 3 aromatic rings. The summed E-state index contributed by atoms with van der Waals surface area (Å²) in [6, 6.07) is 12.9. The van der Waals surface area contributed by atoms with Crippen molar-refractivity contribution >= 4 is 50.2 Å². The number of aromatic nitrogens is 1. The van der Waals surface area contributed by atoms with Crippen molar-refractivity contribution in [2.45, 2.75) is 0 Å². The Balaban J connectivity index is 1.87. The molecule has 0 aliphatic rings. The van der Waals surface area contributed by atoms with Gasteiger partial charge in [0.1, 0.15) is 11.6 Å². The first-order valence-electron chi connectivity index (χ1n) is 7.30. The summed E-state index contributed by atoms with van der Waals surface area (Å²) < 4.78 is 11.4. The minimum atomic E-state index is -1.30. The molecule has 0 fully saturated rings. The molecule has 0 aliphatic heterocycles. The highest BCUT2D eigenvalue weighted by atomic mass is 35.5. The number of ether oxygens (including phenoxy) is 2. The maximum atomic E-state index is 10.5. The van der Waals surface area contributed by atoms with Crippen LogP contribution < -0.4 is 14.6 Å². The molecule has 5 nitrogen and oxygen atoms in total. The van der Waals surface area contributed by atoms with Crippen LogP contribution in [0.25, 0.3) is 21.3 Å². The highest BCUT2D eigenvalue weighted by Crippen LogP contribution is 2.33. The van der Waals surface area contributed by atoms with E-state index in [-0.39, 0.29) is 0 Å². The molecule has 0 aliphatic carbocycles. The number of methoxy groups -OCH3 is 1. The lowest BCUT2D eigenvalue weighted by Crippen LogP contribution is -2.29. The first-order valence-corrected chi connectivity index (χ1v) is 8.50. The van der Waals surface area contributed by atoms with Crippen LogP contribution in [-0.2, 0) is 4.79 Å². The van der Waals surface area contributed by atoms with Gasteiger partial charge in [-0.1, -0.05) is 29.8 Å². The molecule has 0 spiro atoms. The number of aliphatic carboxylic acids is 1. The van der Waals surface area contributed by atoms with Crippen LogP contribution in [-0.4, -0.2) is 24.7 Å². The van der Waals surface area contributed by atoms with Gasteiger partial charge < -0.3 is 19.4 Å². The minimum Gasteiger partial charge on any atom is -0.546 e. The van der Waals surface area contributed by atoms with E-state index in [0.717, 1.165) is 20.8 Å². The molecular formula is C18H13ClNO4S-. The highest BCUT2D eigenvalue weighted by molar-refractivity contribution is 7.20. The Morgan fingerprint density at radius 1 is 1.28 bits per heavy atom. The van der Waals surface area contributed by atoms with E-state index in [1.807, 2.05) is 24.3 Å². The molecule has 0 bridgehead atoms. The molecule has 3 rings (SSSR count).